The second-order valence-corrected chi connectivity index (χ2v) is 8.39. The van der Waals surface area contributed by atoms with Crippen LogP contribution in [0.25, 0.3) is 0 Å². The molecule has 0 bridgehead atoms. The van der Waals surface area contributed by atoms with Crippen LogP contribution in [0, 0.1) is 0 Å². The van der Waals surface area contributed by atoms with E-state index in [1.165, 1.54) is 0 Å². The number of likely N-dealkylation sites (N-methyl/N-ethyl adjacent to an activating group) is 1. The minimum Gasteiger partial charge on any atom is -0.339 e. The minimum atomic E-state index is -3.53. The van der Waals surface area contributed by atoms with E-state index in [0.29, 0.717) is 18.8 Å². The van der Waals surface area contributed by atoms with Crippen LogP contribution in [0.4, 0.5) is 5.69 Å². The first-order valence-electron chi connectivity index (χ1n) is 7.54. The highest BCUT2D eigenvalue weighted by molar-refractivity contribution is 9.10. The number of hydrogen-bond acceptors (Lipinski definition) is 4. The lowest BCUT2D eigenvalue weighted by molar-refractivity contribution is -0.131. The van der Waals surface area contributed by atoms with Crippen molar-refractivity contribution in [2.24, 2.45) is 0 Å². The molecular weight excluding hydrogens is 382 g/mol. The molecule has 0 aromatic heterocycles. The van der Waals surface area contributed by atoms with Gasteiger partial charge >= 0.3 is 0 Å². The van der Waals surface area contributed by atoms with Gasteiger partial charge in [-0.25, -0.2) is 8.42 Å². The summed E-state index contributed by atoms with van der Waals surface area (Å²) in [6, 6.07) is 6.95. The first-order chi connectivity index (χ1) is 10.8. The van der Waals surface area contributed by atoms with Gasteiger partial charge in [0.2, 0.25) is 15.9 Å². The van der Waals surface area contributed by atoms with Crippen LogP contribution in [-0.2, 0) is 14.8 Å². The second-order valence-electron chi connectivity index (χ2n) is 5.56. The molecule has 0 saturated carbocycles. The summed E-state index contributed by atoms with van der Waals surface area (Å²) in [5, 5.41) is 0. The SMILES string of the molecule is CCN1CCN(C(=O)CN(c2cccc(Br)c2)S(C)(=O)=O)CC1. The predicted molar refractivity (Wildman–Crippen MR) is 95.0 cm³/mol. The Bertz CT molecular complexity index is 658. The summed E-state index contributed by atoms with van der Waals surface area (Å²) >= 11 is 3.33. The highest BCUT2D eigenvalue weighted by Crippen LogP contribution is 2.22. The minimum absolute atomic E-state index is 0.161. The number of sulfonamides is 1. The molecule has 128 valence electrons. The number of hydrogen-bond donors (Lipinski definition) is 0. The van der Waals surface area contributed by atoms with Crippen LogP contribution in [-0.4, -0.2) is 69.6 Å². The van der Waals surface area contributed by atoms with Crippen molar-refractivity contribution in [3.05, 3.63) is 28.7 Å². The fourth-order valence-electron chi connectivity index (χ4n) is 2.57. The van der Waals surface area contributed by atoms with Gasteiger partial charge in [-0.2, -0.15) is 0 Å². The fraction of sp³-hybridized carbons (Fsp3) is 0.533. The Kier molecular flexibility index (Phi) is 6.05. The zero-order valence-electron chi connectivity index (χ0n) is 13.4. The Hall–Kier alpha value is -1.12. The monoisotopic (exact) mass is 403 g/mol. The molecule has 1 aliphatic heterocycles. The predicted octanol–water partition coefficient (Wildman–Crippen LogP) is 1.38. The van der Waals surface area contributed by atoms with Gasteiger partial charge in [-0.05, 0) is 24.7 Å². The molecule has 1 heterocycles. The third-order valence-electron chi connectivity index (χ3n) is 3.95. The van der Waals surface area contributed by atoms with Gasteiger partial charge in [-0.3, -0.25) is 9.10 Å². The molecule has 1 aliphatic rings. The maximum Gasteiger partial charge on any atom is 0.243 e. The summed E-state index contributed by atoms with van der Waals surface area (Å²) in [6.45, 7) is 5.84. The van der Waals surface area contributed by atoms with Crippen molar-refractivity contribution in [2.75, 3.05) is 49.8 Å². The molecule has 0 atom stereocenters. The standard InChI is InChI=1S/C15H22BrN3O3S/c1-3-17-7-9-18(10-8-17)15(20)12-19(23(2,21)22)14-6-4-5-13(16)11-14/h4-6,11H,3,7-10,12H2,1-2H3. The molecule has 1 amide bonds. The molecule has 0 unspecified atom stereocenters. The number of anilines is 1. The van der Waals surface area contributed by atoms with E-state index >= 15 is 0 Å². The average Bonchev–Trinajstić information content (AvgIpc) is 2.51. The molecule has 1 saturated heterocycles. The van der Waals surface area contributed by atoms with Gasteiger partial charge in [0.1, 0.15) is 6.54 Å². The van der Waals surface area contributed by atoms with E-state index in [9.17, 15) is 13.2 Å². The Morgan fingerprint density at radius 1 is 1.26 bits per heavy atom. The summed E-state index contributed by atoms with van der Waals surface area (Å²) in [4.78, 5) is 16.5. The largest absolute Gasteiger partial charge is 0.339 e. The number of rotatable bonds is 5. The van der Waals surface area contributed by atoms with Gasteiger partial charge in [0.05, 0.1) is 11.9 Å². The van der Waals surface area contributed by atoms with Gasteiger partial charge in [-0.15, -0.1) is 0 Å². The highest BCUT2D eigenvalue weighted by atomic mass is 79.9. The number of benzene rings is 1. The molecule has 0 radical (unpaired) electrons. The lowest BCUT2D eigenvalue weighted by Gasteiger charge is -2.35. The Balaban J connectivity index is 2.11. The molecule has 0 spiro atoms. The molecule has 0 N–H and O–H groups in total. The van der Waals surface area contributed by atoms with E-state index in [-0.39, 0.29) is 12.5 Å². The summed E-state index contributed by atoms with van der Waals surface area (Å²) in [5.74, 6) is -0.161. The van der Waals surface area contributed by atoms with Gasteiger partial charge in [-0.1, -0.05) is 28.9 Å². The molecular formula is C15H22BrN3O3S. The van der Waals surface area contributed by atoms with Crippen molar-refractivity contribution in [2.45, 2.75) is 6.92 Å². The van der Waals surface area contributed by atoms with Crippen LogP contribution in [0.15, 0.2) is 28.7 Å². The van der Waals surface area contributed by atoms with E-state index in [4.69, 9.17) is 0 Å². The van der Waals surface area contributed by atoms with Crippen molar-refractivity contribution >= 4 is 37.5 Å². The van der Waals surface area contributed by atoms with Crippen molar-refractivity contribution < 1.29 is 13.2 Å². The number of piperazine rings is 1. The van der Waals surface area contributed by atoms with Crippen LogP contribution < -0.4 is 4.31 Å². The Morgan fingerprint density at radius 2 is 1.91 bits per heavy atom. The van der Waals surface area contributed by atoms with Crippen molar-refractivity contribution in [3.63, 3.8) is 0 Å². The second kappa shape index (κ2) is 7.63. The van der Waals surface area contributed by atoms with Crippen LogP contribution in [0.3, 0.4) is 0 Å². The lowest BCUT2D eigenvalue weighted by atomic mass is 10.3. The summed E-state index contributed by atoms with van der Waals surface area (Å²) in [5.41, 5.74) is 0.488. The summed E-state index contributed by atoms with van der Waals surface area (Å²) in [7, 11) is -3.53. The van der Waals surface area contributed by atoms with Gasteiger partial charge in [0, 0.05) is 30.7 Å². The molecule has 1 aromatic carbocycles. The van der Waals surface area contributed by atoms with E-state index in [1.54, 1.807) is 23.1 Å². The van der Waals surface area contributed by atoms with E-state index in [1.807, 2.05) is 6.07 Å². The van der Waals surface area contributed by atoms with Crippen LogP contribution in [0.5, 0.6) is 0 Å². The average molecular weight is 404 g/mol. The van der Waals surface area contributed by atoms with Gasteiger partial charge in [0.25, 0.3) is 0 Å². The van der Waals surface area contributed by atoms with Crippen molar-refractivity contribution in [1.29, 1.82) is 0 Å². The number of halogens is 1. The topological polar surface area (TPSA) is 60.9 Å². The first kappa shape index (κ1) is 18.2. The summed E-state index contributed by atoms with van der Waals surface area (Å²) < 4.78 is 26.1. The number of carbonyl (C=O) groups excluding carboxylic acids is 1. The van der Waals surface area contributed by atoms with Crippen LogP contribution in [0.1, 0.15) is 6.92 Å². The smallest absolute Gasteiger partial charge is 0.243 e. The molecule has 1 aromatic rings. The number of nitrogens with zero attached hydrogens (tertiary/aromatic N) is 3. The molecule has 0 aliphatic carbocycles. The van der Waals surface area contributed by atoms with E-state index in [2.05, 4.69) is 27.8 Å². The zero-order valence-corrected chi connectivity index (χ0v) is 15.8. The maximum atomic E-state index is 12.5. The quantitative estimate of drug-likeness (QED) is 0.744. The number of amides is 1. The third kappa shape index (κ3) is 4.92. The van der Waals surface area contributed by atoms with Gasteiger partial charge in [0.15, 0.2) is 0 Å². The first-order valence-corrected chi connectivity index (χ1v) is 10.2. The lowest BCUT2D eigenvalue weighted by Crippen LogP contribution is -2.51. The third-order valence-corrected chi connectivity index (χ3v) is 5.58. The fourth-order valence-corrected chi connectivity index (χ4v) is 3.80. The van der Waals surface area contributed by atoms with Gasteiger partial charge < -0.3 is 9.80 Å². The number of carbonyl (C=O) groups is 1. The van der Waals surface area contributed by atoms with Crippen LogP contribution in [0.2, 0.25) is 0 Å². The van der Waals surface area contributed by atoms with Crippen LogP contribution >= 0.6 is 15.9 Å². The normalized spacial score (nSPS) is 16.4. The summed E-state index contributed by atoms with van der Waals surface area (Å²) in [6.07, 6.45) is 1.12. The molecule has 2 rings (SSSR count). The Labute approximate surface area is 146 Å². The maximum absolute atomic E-state index is 12.5. The highest BCUT2D eigenvalue weighted by Gasteiger charge is 2.26. The molecule has 23 heavy (non-hydrogen) atoms. The molecule has 6 nitrogen and oxygen atoms in total. The van der Waals surface area contributed by atoms with Crippen molar-refractivity contribution in [3.8, 4) is 0 Å². The molecule has 8 heteroatoms. The molecule has 1 fully saturated rings. The van der Waals surface area contributed by atoms with E-state index < -0.39 is 10.0 Å². The zero-order chi connectivity index (χ0) is 17.0. The van der Waals surface area contributed by atoms with E-state index in [0.717, 1.165) is 34.7 Å². The van der Waals surface area contributed by atoms with Crippen molar-refractivity contribution in [1.82, 2.24) is 9.80 Å². The Morgan fingerprint density at radius 3 is 2.43 bits per heavy atom.